The van der Waals surface area contributed by atoms with Crippen LogP contribution in [0.25, 0.3) is 0 Å². The van der Waals surface area contributed by atoms with Gasteiger partial charge in [-0.1, -0.05) is 12.1 Å². The SMILES string of the molecule is Cc1ccc(C(=O)CN(C)CCCCCO)cc1C. The summed E-state index contributed by atoms with van der Waals surface area (Å²) in [6, 6.07) is 5.88. The predicted molar refractivity (Wildman–Crippen MR) is 78.7 cm³/mol. The third kappa shape index (κ3) is 5.53. The minimum Gasteiger partial charge on any atom is -0.396 e. The first kappa shape index (κ1) is 15.9. The maximum absolute atomic E-state index is 12.1. The first-order valence-electron chi connectivity index (χ1n) is 6.94. The van der Waals surface area contributed by atoms with Crippen LogP contribution in [0.5, 0.6) is 0 Å². The number of carbonyl (C=O) groups excluding carboxylic acids is 1. The zero-order valence-corrected chi connectivity index (χ0v) is 12.3. The van der Waals surface area contributed by atoms with Crippen molar-refractivity contribution in [3.05, 3.63) is 34.9 Å². The van der Waals surface area contributed by atoms with Gasteiger partial charge in [-0.15, -0.1) is 0 Å². The van der Waals surface area contributed by atoms with Crippen molar-refractivity contribution < 1.29 is 9.90 Å². The summed E-state index contributed by atoms with van der Waals surface area (Å²) in [7, 11) is 1.97. The predicted octanol–water partition coefficient (Wildman–Crippen LogP) is 2.58. The van der Waals surface area contributed by atoms with Gasteiger partial charge in [-0.05, 0) is 63.9 Å². The molecule has 0 unspecified atom stereocenters. The standard InChI is InChI=1S/C16H25NO2/c1-13-7-8-15(11-14(13)2)16(19)12-17(3)9-5-4-6-10-18/h7-8,11,18H,4-6,9-10,12H2,1-3H3. The van der Waals surface area contributed by atoms with E-state index >= 15 is 0 Å². The quantitative estimate of drug-likeness (QED) is 0.579. The molecule has 0 bridgehead atoms. The van der Waals surface area contributed by atoms with E-state index in [4.69, 9.17) is 5.11 Å². The number of hydrogen-bond acceptors (Lipinski definition) is 3. The average molecular weight is 263 g/mol. The zero-order valence-electron chi connectivity index (χ0n) is 12.3. The number of aliphatic hydroxyl groups excluding tert-OH is 1. The fourth-order valence-electron chi connectivity index (χ4n) is 2.00. The maximum Gasteiger partial charge on any atom is 0.176 e. The van der Waals surface area contributed by atoms with Crippen molar-refractivity contribution in [2.24, 2.45) is 0 Å². The Labute approximate surface area is 116 Å². The highest BCUT2D eigenvalue weighted by atomic mass is 16.2. The zero-order chi connectivity index (χ0) is 14.3. The summed E-state index contributed by atoms with van der Waals surface area (Å²) in [6.07, 6.45) is 2.88. The smallest absolute Gasteiger partial charge is 0.176 e. The minimum atomic E-state index is 0.174. The molecule has 0 aliphatic heterocycles. The molecule has 0 amide bonds. The third-order valence-corrected chi connectivity index (χ3v) is 3.44. The molecule has 0 fully saturated rings. The van der Waals surface area contributed by atoms with Crippen molar-refractivity contribution >= 4 is 5.78 Å². The molecule has 19 heavy (non-hydrogen) atoms. The molecule has 0 atom stereocenters. The molecule has 3 nitrogen and oxygen atoms in total. The van der Waals surface area contributed by atoms with Gasteiger partial charge in [-0.3, -0.25) is 9.69 Å². The number of benzene rings is 1. The number of carbonyl (C=O) groups is 1. The highest BCUT2D eigenvalue weighted by Crippen LogP contribution is 2.11. The van der Waals surface area contributed by atoms with E-state index in [1.54, 1.807) is 0 Å². The number of rotatable bonds is 8. The molecular weight excluding hydrogens is 238 g/mol. The first-order chi connectivity index (χ1) is 9.04. The highest BCUT2D eigenvalue weighted by Gasteiger charge is 2.09. The van der Waals surface area contributed by atoms with Gasteiger partial charge in [0.15, 0.2) is 5.78 Å². The second kappa shape index (κ2) is 8.08. The van der Waals surface area contributed by atoms with Crippen LogP contribution in [0, 0.1) is 13.8 Å². The summed E-state index contributed by atoms with van der Waals surface area (Å²) in [5, 5.41) is 8.71. The maximum atomic E-state index is 12.1. The topological polar surface area (TPSA) is 40.5 Å². The van der Waals surface area contributed by atoms with Crippen LogP contribution in [0.15, 0.2) is 18.2 Å². The number of likely N-dealkylation sites (N-methyl/N-ethyl adjacent to an activating group) is 1. The lowest BCUT2D eigenvalue weighted by Gasteiger charge is -2.15. The Balaban J connectivity index is 2.43. The van der Waals surface area contributed by atoms with Gasteiger partial charge in [0, 0.05) is 12.2 Å². The molecular formula is C16H25NO2. The monoisotopic (exact) mass is 263 g/mol. The van der Waals surface area contributed by atoms with Crippen LogP contribution in [0.1, 0.15) is 40.7 Å². The Bertz CT molecular complexity index is 415. The second-order valence-corrected chi connectivity index (χ2v) is 5.24. The summed E-state index contributed by atoms with van der Waals surface area (Å²) >= 11 is 0. The molecule has 0 saturated carbocycles. The Kier molecular flexibility index (Phi) is 6.74. The fourth-order valence-corrected chi connectivity index (χ4v) is 2.00. The van der Waals surface area contributed by atoms with E-state index in [1.807, 2.05) is 32.2 Å². The van der Waals surface area contributed by atoms with E-state index in [1.165, 1.54) is 5.56 Å². The number of hydrogen-bond donors (Lipinski definition) is 1. The van der Waals surface area contributed by atoms with Crippen LogP contribution >= 0.6 is 0 Å². The van der Waals surface area contributed by atoms with E-state index in [0.717, 1.165) is 36.9 Å². The highest BCUT2D eigenvalue weighted by molar-refractivity contribution is 5.97. The van der Waals surface area contributed by atoms with Gasteiger partial charge in [0.25, 0.3) is 0 Å². The Hall–Kier alpha value is -1.19. The summed E-state index contributed by atoms with van der Waals surface area (Å²) in [6.45, 7) is 5.70. The lowest BCUT2D eigenvalue weighted by molar-refractivity contribution is 0.0945. The van der Waals surface area contributed by atoms with Crippen molar-refractivity contribution in [1.82, 2.24) is 4.90 Å². The Morgan fingerprint density at radius 1 is 1.16 bits per heavy atom. The van der Waals surface area contributed by atoms with Gasteiger partial charge in [-0.2, -0.15) is 0 Å². The van der Waals surface area contributed by atoms with E-state index in [0.29, 0.717) is 6.54 Å². The molecule has 0 aromatic heterocycles. The summed E-state index contributed by atoms with van der Waals surface area (Å²) in [5.74, 6) is 0.174. The van der Waals surface area contributed by atoms with E-state index < -0.39 is 0 Å². The van der Waals surface area contributed by atoms with Crippen LogP contribution in [-0.2, 0) is 0 Å². The number of aryl methyl sites for hydroxylation is 2. The summed E-state index contributed by atoms with van der Waals surface area (Å²) in [4.78, 5) is 14.2. The molecule has 1 rings (SSSR count). The fraction of sp³-hybridized carbons (Fsp3) is 0.562. The van der Waals surface area contributed by atoms with Gasteiger partial charge in [-0.25, -0.2) is 0 Å². The largest absolute Gasteiger partial charge is 0.396 e. The van der Waals surface area contributed by atoms with E-state index in [9.17, 15) is 4.79 Å². The molecule has 0 aliphatic carbocycles. The Morgan fingerprint density at radius 2 is 1.89 bits per heavy atom. The molecule has 0 spiro atoms. The third-order valence-electron chi connectivity index (χ3n) is 3.44. The Morgan fingerprint density at radius 3 is 2.53 bits per heavy atom. The number of ketones is 1. The van der Waals surface area contributed by atoms with Crippen LogP contribution in [0.3, 0.4) is 0 Å². The van der Waals surface area contributed by atoms with Gasteiger partial charge >= 0.3 is 0 Å². The van der Waals surface area contributed by atoms with Gasteiger partial charge in [0.1, 0.15) is 0 Å². The van der Waals surface area contributed by atoms with Gasteiger partial charge < -0.3 is 5.11 Å². The van der Waals surface area contributed by atoms with Gasteiger partial charge in [0.05, 0.1) is 6.54 Å². The lowest BCUT2D eigenvalue weighted by Crippen LogP contribution is -2.27. The van der Waals surface area contributed by atoms with Crippen LogP contribution in [0.2, 0.25) is 0 Å². The van der Waals surface area contributed by atoms with Crippen molar-refractivity contribution in [2.45, 2.75) is 33.1 Å². The van der Waals surface area contributed by atoms with Gasteiger partial charge in [0.2, 0.25) is 0 Å². The van der Waals surface area contributed by atoms with Crippen LogP contribution in [0.4, 0.5) is 0 Å². The first-order valence-corrected chi connectivity index (χ1v) is 6.94. The average Bonchev–Trinajstić information content (AvgIpc) is 2.38. The normalized spacial score (nSPS) is 11.0. The molecule has 0 radical (unpaired) electrons. The van der Waals surface area contributed by atoms with Crippen molar-refractivity contribution in [2.75, 3.05) is 26.7 Å². The molecule has 1 N–H and O–H groups in total. The van der Waals surface area contributed by atoms with Crippen molar-refractivity contribution in [3.8, 4) is 0 Å². The van der Waals surface area contributed by atoms with E-state index in [-0.39, 0.29) is 12.4 Å². The molecule has 0 aliphatic rings. The van der Waals surface area contributed by atoms with Crippen LogP contribution < -0.4 is 0 Å². The van der Waals surface area contributed by atoms with Crippen molar-refractivity contribution in [3.63, 3.8) is 0 Å². The summed E-state index contributed by atoms with van der Waals surface area (Å²) < 4.78 is 0. The van der Waals surface area contributed by atoms with Crippen molar-refractivity contribution in [1.29, 1.82) is 0 Å². The minimum absolute atomic E-state index is 0.174. The molecule has 0 saturated heterocycles. The summed E-state index contributed by atoms with van der Waals surface area (Å²) in [5.41, 5.74) is 3.18. The lowest BCUT2D eigenvalue weighted by atomic mass is 10.0. The van der Waals surface area contributed by atoms with E-state index in [2.05, 4.69) is 11.8 Å². The molecule has 0 heterocycles. The number of aliphatic hydroxyl groups is 1. The number of unbranched alkanes of at least 4 members (excludes halogenated alkanes) is 2. The molecule has 1 aromatic carbocycles. The van der Waals surface area contributed by atoms with Crippen LogP contribution in [-0.4, -0.2) is 42.5 Å². The molecule has 106 valence electrons. The molecule has 1 aromatic rings. The second-order valence-electron chi connectivity index (χ2n) is 5.24. The molecule has 3 heteroatoms. The number of nitrogens with zero attached hydrogens (tertiary/aromatic N) is 1. The number of Topliss-reactive ketones (excluding diaryl/α,β-unsaturated/α-hetero) is 1.